The van der Waals surface area contributed by atoms with E-state index in [0.29, 0.717) is 15.6 Å². The molecule has 3 aromatic rings. The normalized spacial score (nSPS) is 20.3. The highest BCUT2D eigenvalue weighted by Gasteiger charge is 2.37. The zero-order valence-electron chi connectivity index (χ0n) is 19.0. The van der Waals surface area contributed by atoms with Crippen LogP contribution in [0.1, 0.15) is 54.9 Å². The SMILES string of the molecule is COc1ccc([C@@H]2c3ccc(OC(=O)C(C)(C)C)cc3C[C@H](I)[C@H]2c2ccccc2)cc1. The van der Waals surface area contributed by atoms with Gasteiger partial charge in [-0.05, 0) is 73.7 Å². The molecule has 1 aliphatic carbocycles. The minimum atomic E-state index is -0.536. The molecule has 4 rings (SSSR count). The Hall–Kier alpha value is -2.34. The molecular formula is C28H29IO3. The number of rotatable bonds is 4. The van der Waals surface area contributed by atoms with Gasteiger partial charge in [0.2, 0.25) is 0 Å². The molecule has 3 nitrogen and oxygen atoms in total. The molecule has 0 radical (unpaired) electrons. The van der Waals surface area contributed by atoms with Gasteiger partial charge in [-0.25, -0.2) is 0 Å². The second kappa shape index (κ2) is 9.26. The molecule has 3 aromatic carbocycles. The van der Waals surface area contributed by atoms with Crippen LogP contribution in [0, 0.1) is 5.41 Å². The lowest BCUT2D eigenvalue weighted by molar-refractivity contribution is -0.143. The molecule has 166 valence electrons. The molecule has 0 saturated heterocycles. The Balaban J connectivity index is 1.78. The van der Waals surface area contributed by atoms with Crippen molar-refractivity contribution >= 4 is 28.6 Å². The summed E-state index contributed by atoms with van der Waals surface area (Å²) in [6, 6.07) is 25.3. The lowest BCUT2D eigenvalue weighted by atomic mass is 9.69. The molecular weight excluding hydrogens is 511 g/mol. The second-order valence-corrected chi connectivity index (χ2v) is 11.0. The molecule has 4 heteroatoms. The molecule has 0 unspecified atom stereocenters. The Kier molecular flexibility index (Phi) is 6.61. The van der Waals surface area contributed by atoms with Gasteiger partial charge in [-0.15, -0.1) is 0 Å². The van der Waals surface area contributed by atoms with E-state index in [2.05, 4.69) is 77.2 Å². The molecule has 0 N–H and O–H groups in total. The molecule has 0 aliphatic heterocycles. The number of fused-ring (bicyclic) bond motifs is 1. The number of benzene rings is 3. The Morgan fingerprint density at radius 1 is 0.906 bits per heavy atom. The third kappa shape index (κ3) is 4.70. The van der Waals surface area contributed by atoms with Gasteiger partial charge in [-0.1, -0.05) is 71.1 Å². The number of ether oxygens (including phenoxy) is 2. The van der Waals surface area contributed by atoms with Gasteiger partial charge in [0, 0.05) is 15.8 Å². The number of hydrogen-bond donors (Lipinski definition) is 0. The molecule has 0 heterocycles. The molecule has 32 heavy (non-hydrogen) atoms. The molecule has 1 aliphatic rings. The maximum atomic E-state index is 12.4. The van der Waals surface area contributed by atoms with E-state index in [4.69, 9.17) is 9.47 Å². The van der Waals surface area contributed by atoms with Gasteiger partial charge in [0.1, 0.15) is 11.5 Å². The Morgan fingerprint density at radius 3 is 2.19 bits per heavy atom. The average Bonchev–Trinajstić information content (AvgIpc) is 2.78. The van der Waals surface area contributed by atoms with Crippen LogP contribution in [0.25, 0.3) is 0 Å². The van der Waals surface area contributed by atoms with Crippen molar-refractivity contribution < 1.29 is 14.3 Å². The van der Waals surface area contributed by atoms with Crippen molar-refractivity contribution in [3.8, 4) is 11.5 Å². The van der Waals surface area contributed by atoms with Crippen molar-refractivity contribution in [2.24, 2.45) is 5.41 Å². The average molecular weight is 540 g/mol. The zero-order chi connectivity index (χ0) is 22.9. The minimum Gasteiger partial charge on any atom is -0.497 e. The van der Waals surface area contributed by atoms with E-state index < -0.39 is 5.41 Å². The Labute approximate surface area is 204 Å². The number of esters is 1. The topological polar surface area (TPSA) is 35.5 Å². The van der Waals surface area contributed by atoms with Crippen molar-refractivity contribution in [2.75, 3.05) is 7.11 Å². The zero-order valence-corrected chi connectivity index (χ0v) is 21.1. The van der Waals surface area contributed by atoms with Gasteiger partial charge in [0.05, 0.1) is 12.5 Å². The van der Waals surface area contributed by atoms with Gasteiger partial charge >= 0.3 is 5.97 Å². The van der Waals surface area contributed by atoms with Crippen molar-refractivity contribution in [2.45, 2.75) is 43.0 Å². The first kappa shape index (κ1) is 22.8. The van der Waals surface area contributed by atoms with Gasteiger partial charge in [-0.3, -0.25) is 4.79 Å². The highest BCUT2D eigenvalue weighted by molar-refractivity contribution is 14.1. The summed E-state index contributed by atoms with van der Waals surface area (Å²) < 4.78 is 11.5. The largest absolute Gasteiger partial charge is 0.497 e. The summed E-state index contributed by atoms with van der Waals surface area (Å²) in [6.45, 7) is 5.62. The molecule has 0 aromatic heterocycles. The minimum absolute atomic E-state index is 0.210. The quantitative estimate of drug-likeness (QED) is 0.156. The Morgan fingerprint density at radius 2 is 1.56 bits per heavy atom. The smallest absolute Gasteiger partial charge is 0.316 e. The highest BCUT2D eigenvalue weighted by atomic mass is 127. The van der Waals surface area contributed by atoms with E-state index >= 15 is 0 Å². The third-order valence-corrected chi connectivity index (χ3v) is 7.31. The van der Waals surface area contributed by atoms with Crippen LogP contribution < -0.4 is 9.47 Å². The summed E-state index contributed by atoms with van der Waals surface area (Å²) in [5.41, 5.74) is 4.62. The molecule has 0 fully saturated rings. The third-order valence-electron chi connectivity index (χ3n) is 6.10. The first-order chi connectivity index (χ1) is 15.3. The maximum Gasteiger partial charge on any atom is 0.316 e. The number of hydrogen-bond acceptors (Lipinski definition) is 3. The second-order valence-electron chi connectivity index (χ2n) is 9.41. The van der Waals surface area contributed by atoms with Gasteiger partial charge in [0.25, 0.3) is 0 Å². The van der Waals surface area contributed by atoms with Crippen LogP contribution >= 0.6 is 22.6 Å². The number of alkyl halides is 1. The van der Waals surface area contributed by atoms with E-state index in [0.717, 1.165) is 12.2 Å². The monoisotopic (exact) mass is 540 g/mol. The fourth-order valence-electron chi connectivity index (χ4n) is 4.40. The summed E-state index contributed by atoms with van der Waals surface area (Å²) in [5.74, 6) is 1.82. The van der Waals surface area contributed by atoms with Gasteiger partial charge in [-0.2, -0.15) is 0 Å². The van der Waals surface area contributed by atoms with Gasteiger partial charge < -0.3 is 9.47 Å². The van der Waals surface area contributed by atoms with Crippen molar-refractivity contribution in [3.05, 3.63) is 95.1 Å². The fourth-order valence-corrected chi connectivity index (χ4v) is 5.70. The van der Waals surface area contributed by atoms with E-state index in [1.54, 1.807) is 7.11 Å². The first-order valence-corrected chi connectivity index (χ1v) is 12.2. The lowest BCUT2D eigenvalue weighted by Gasteiger charge is -2.38. The number of carbonyl (C=O) groups is 1. The van der Waals surface area contributed by atoms with E-state index in [1.165, 1.54) is 22.3 Å². The summed E-state index contributed by atoms with van der Waals surface area (Å²) in [5, 5.41) is 0. The number of halogens is 1. The standard InChI is InChI=1S/C28H29IO3/c1-28(2,3)27(30)32-22-14-15-23-20(16-22)17-24(29)26(18-8-6-5-7-9-18)25(23)19-10-12-21(31-4)13-11-19/h5-16,24-26H,17H2,1-4H3/t24-,25+,26+/m0/s1. The lowest BCUT2D eigenvalue weighted by Crippen LogP contribution is -2.29. The summed E-state index contributed by atoms with van der Waals surface area (Å²) in [4.78, 5) is 12.4. The number of methoxy groups -OCH3 is 1. The van der Waals surface area contributed by atoms with Gasteiger partial charge in [0.15, 0.2) is 0 Å². The Bertz CT molecular complexity index is 1080. The van der Waals surface area contributed by atoms with Crippen LogP contribution in [0.4, 0.5) is 0 Å². The first-order valence-electron chi connectivity index (χ1n) is 11.0. The predicted octanol–water partition coefficient (Wildman–Crippen LogP) is 6.92. The predicted molar refractivity (Wildman–Crippen MR) is 137 cm³/mol. The molecule has 3 atom stereocenters. The van der Waals surface area contributed by atoms with Crippen LogP contribution in [0.3, 0.4) is 0 Å². The van der Waals surface area contributed by atoms with Crippen LogP contribution in [-0.2, 0) is 11.2 Å². The summed E-state index contributed by atoms with van der Waals surface area (Å²) in [6.07, 6.45) is 0.934. The van der Waals surface area contributed by atoms with Crippen LogP contribution in [-0.4, -0.2) is 17.0 Å². The van der Waals surface area contributed by atoms with Crippen molar-refractivity contribution in [1.29, 1.82) is 0 Å². The van der Waals surface area contributed by atoms with E-state index in [9.17, 15) is 4.79 Å². The van der Waals surface area contributed by atoms with Crippen molar-refractivity contribution in [3.63, 3.8) is 0 Å². The summed E-state index contributed by atoms with van der Waals surface area (Å²) in [7, 11) is 1.69. The molecule has 0 spiro atoms. The van der Waals surface area contributed by atoms with Crippen LogP contribution in [0.5, 0.6) is 11.5 Å². The number of carbonyl (C=O) groups excluding carboxylic acids is 1. The highest BCUT2D eigenvalue weighted by Crippen LogP contribution is 2.49. The van der Waals surface area contributed by atoms with Crippen LogP contribution in [0.15, 0.2) is 72.8 Å². The van der Waals surface area contributed by atoms with Crippen molar-refractivity contribution in [1.82, 2.24) is 0 Å². The van der Waals surface area contributed by atoms with E-state index in [1.807, 2.05) is 39.0 Å². The molecule has 0 saturated carbocycles. The van der Waals surface area contributed by atoms with E-state index in [-0.39, 0.29) is 11.9 Å². The molecule has 0 bridgehead atoms. The maximum absolute atomic E-state index is 12.4. The summed E-state index contributed by atoms with van der Waals surface area (Å²) >= 11 is 2.59. The fraction of sp³-hybridized carbons (Fsp3) is 0.321. The molecule has 0 amide bonds. The van der Waals surface area contributed by atoms with Crippen LogP contribution in [0.2, 0.25) is 0 Å².